The summed E-state index contributed by atoms with van der Waals surface area (Å²) < 4.78 is 20.7. The quantitative estimate of drug-likeness (QED) is 0.239. The van der Waals surface area contributed by atoms with Crippen LogP contribution in [0.15, 0.2) is 46.2 Å². The van der Waals surface area contributed by atoms with Crippen molar-refractivity contribution in [3.8, 4) is 10.8 Å². The van der Waals surface area contributed by atoms with Crippen LogP contribution in [0.3, 0.4) is 0 Å². The molecule has 6 rings (SSSR count). The summed E-state index contributed by atoms with van der Waals surface area (Å²) in [6.45, 7) is 6.49. The first-order valence-electron chi connectivity index (χ1n) is 15.3. The minimum Gasteiger partial charge on any atom is -0.496 e. The Bertz CT molecular complexity index is 1760. The van der Waals surface area contributed by atoms with Gasteiger partial charge in [-0.15, -0.1) is 4.80 Å². The molecule has 0 N–H and O–H groups in total. The van der Waals surface area contributed by atoms with Crippen molar-refractivity contribution in [2.75, 3.05) is 20.3 Å². The summed E-state index contributed by atoms with van der Waals surface area (Å²) in [6.07, 6.45) is 7.37. The zero-order chi connectivity index (χ0) is 31.0. The minimum absolute atomic E-state index is 0.0786. The Labute approximate surface area is 259 Å². The molecule has 4 aromatic rings. The Morgan fingerprint density at radius 3 is 2.48 bits per heavy atom. The van der Waals surface area contributed by atoms with Crippen molar-refractivity contribution in [3.05, 3.63) is 68.6 Å². The number of Topliss-reactive ketones (excluding diaryl/α,β-unsaturated/α-hetero) is 1. The normalized spacial score (nSPS) is 17.1. The molecule has 1 saturated carbocycles. The molecule has 11 nitrogen and oxygen atoms in total. The highest BCUT2D eigenvalue weighted by molar-refractivity contribution is 7.21. The van der Waals surface area contributed by atoms with Crippen LogP contribution in [0, 0.1) is 12.8 Å². The smallest absolute Gasteiger partial charge is 0.333 e. The number of aryl methyl sites for hydroxylation is 1. The molecule has 1 aliphatic carbocycles. The highest BCUT2D eigenvalue weighted by atomic mass is 32.1. The molecule has 44 heavy (non-hydrogen) atoms. The second kappa shape index (κ2) is 12.4. The number of carbonyl (C=O) groups is 1. The predicted octanol–water partition coefficient (Wildman–Crippen LogP) is 4.55. The third-order valence-electron chi connectivity index (χ3n) is 9.09. The zero-order valence-corrected chi connectivity index (χ0v) is 26.5. The van der Waals surface area contributed by atoms with Gasteiger partial charge in [-0.3, -0.25) is 14.2 Å². The highest BCUT2D eigenvalue weighted by Gasteiger charge is 2.38. The summed E-state index contributed by atoms with van der Waals surface area (Å²) in [5, 5.41) is 9.59. The van der Waals surface area contributed by atoms with Gasteiger partial charge in [-0.1, -0.05) is 48.8 Å². The van der Waals surface area contributed by atoms with Crippen LogP contribution in [0.1, 0.15) is 69.6 Å². The predicted molar refractivity (Wildman–Crippen MR) is 167 cm³/mol. The lowest BCUT2D eigenvalue weighted by molar-refractivity contribution is -0.128. The number of rotatable bonds is 11. The van der Waals surface area contributed by atoms with Crippen molar-refractivity contribution in [1.82, 2.24) is 24.1 Å². The Kier molecular flexibility index (Phi) is 8.58. The summed E-state index contributed by atoms with van der Waals surface area (Å²) >= 11 is 1.28. The second-order valence-electron chi connectivity index (χ2n) is 12.2. The molecule has 0 amide bonds. The van der Waals surface area contributed by atoms with Gasteiger partial charge in [-0.2, -0.15) is 10.2 Å². The van der Waals surface area contributed by atoms with Gasteiger partial charge in [0.25, 0.3) is 5.56 Å². The first-order chi connectivity index (χ1) is 21.2. The molecule has 1 aliphatic heterocycles. The van der Waals surface area contributed by atoms with Crippen LogP contribution < -0.4 is 16.0 Å². The lowest BCUT2D eigenvalue weighted by Gasteiger charge is -2.32. The van der Waals surface area contributed by atoms with Crippen LogP contribution in [0.5, 0.6) is 5.75 Å². The Balaban J connectivity index is 1.54. The average molecular weight is 622 g/mol. The van der Waals surface area contributed by atoms with Crippen molar-refractivity contribution in [3.63, 3.8) is 0 Å². The molecule has 2 aliphatic rings. The number of para-hydroxylation sites is 1. The number of fused-ring (bicyclic) bond motifs is 1. The number of ether oxygens (including phenoxy) is 3. The summed E-state index contributed by atoms with van der Waals surface area (Å²) in [5.74, 6) is 0.822. The van der Waals surface area contributed by atoms with Crippen LogP contribution in [0.4, 0.5) is 0 Å². The fraction of sp³-hybridized carbons (Fsp3) is 0.531. The number of carbonyl (C=O) groups excluding carboxylic acids is 1. The molecule has 3 aromatic heterocycles. The number of ketones is 1. The number of hydrogen-bond donors (Lipinski definition) is 0. The van der Waals surface area contributed by atoms with E-state index in [4.69, 9.17) is 14.2 Å². The largest absolute Gasteiger partial charge is 0.496 e. The van der Waals surface area contributed by atoms with E-state index in [0.29, 0.717) is 52.1 Å². The molecule has 1 saturated heterocycles. The van der Waals surface area contributed by atoms with Gasteiger partial charge in [0.2, 0.25) is 0 Å². The van der Waals surface area contributed by atoms with E-state index in [-0.39, 0.29) is 18.4 Å². The summed E-state index contributed by atoms with van der Waals surface area (Å²) in [4.78, 5) is 44.5. The van der Waals surface area contributed by atoms with Crippen LogP contribution in [0.25, 0.3) is 15.2 Å². The Hall–Kier alpha value is -3.61. The second-order valence-corrected chi connectivity index (χ2v) is 13.2. The monoisotopic (exact) mass is 621 g/mol. The van der Waals surface area contributed by atoms with Gasteiger partial charge in [-0.05, 0) is 45.6 Å². The molecule has 2 fully saturated rings. The van der Waals surface area contributed by atoms with Gasteiger partial charge in [0.1, 0.15) is 27.2 Å². The minimum atomic E-state index is -1.35. The van der Waals surface area contributed by atoms with Crippen LogP contribution in [-0.4, -0.2) is 56.3 Å². The van der Waals surface area contributed by atoms with E-state index < -0.39 is 22.9 Å². The SMILES string of the molecule is COc1ccccc1[C@H](Cn1c(=O)n(C(C)(C)C(=O)CC2CCC2)c(=O)c2c(C)c(-n3nccn3)sc21)OC1CCOCC1. The standard InChI is InChI=1S/C32H39N5O6S/c1-20-27-28(39)36(32(2,3)26(38)18-21-8-7-9-21)31(40)35(30(27)44-29(20)37-33-14-15-34-37)19-25(43-22-12-16-42-17-13-22)23-10-5-6-11-24(23)41-4/h5-6,10-11,14-15,21-22,25H,7-9,12-13,16-19H2,1-4H3/t25-/m0/s1. The average Bonchev–Trinajstić information content (AvgIpc) is 3.65. The highest BCUT2D eigenvalue weighted by Crippen LogP contribution is 2.36. The van der Waals surface area contributed by atoms with Gasteiger partial charge < -0.3 is 14.2 Å². The van der Waals surface area contributed by atoms with E-state index in [1.165, 1.54) is 16.1 Å². The lowest BCUT2D eigenvalue weighted by atomic mass is 9.79. The van der Waals surface area contributed by atoms with Crippen molar-refractivity contribution < 1.29 is 19.0 Å². The molecule has 1 atom stereocenters. The van der Waals surface area contributed by atoms with E-state index in [9.17, 15) is 14.4 Å². The molecular formula is C32H39N5O6S. The topological polar surface area (TPSA) is 119 Å². The van der Waals surface area contributed by atoms with Crippen molar-refractivity contribution >= 4 is 27.3 Å². The molecule has 12 heteroatoms. The van der Waals surface area contributed by atoms with Crippen molar-refractivity contribution in [2.24, 2.45) is 5.92 Å². The summed E-state index contributed by atoms with van der Waals surface area (Å²) in [7, 11) is 1.61. The fourth-order valence-corrected chi connectivity index (χ4v) is 7.41. The first-order valence-corrected chi connectivity index (χ1v) is 16.1. The van der Waals surface area contributed by atoms with Gasteiger partial charge in [0.05, 0.1) is 37.5 Å². The van der Waals surface area contributed by atoms with Crippen LogP contribution >= 0.6 is 11.3 Å². The maximum absolute atomic E-state index is 14.6. The molecule has 0 bridgehead atoms. The summed E-state index contributed by atoms with van der Waals surface area (Å²) in [5.41, 5.74) is -0.942. The number of methoxy groups -OCH3 is 1. The maximum Gasteiger partial charge on any atom is 0.333 e. The number of nitrogens with zero attached hydrogens (tertiary/aromatic N) is 5. The molecule has 0 spiro atoms. The van der Waals surface area contributed by atoms with E-state index in [2.05, 4.69) is 10.2 Å². The molecule has 4 heterocycles. The molecule has 0 radical (unpaired) electrons. The number of thiophene rings is 1. The zero-order valence-electron chi connectivity index (χ0n) is 25.7. The third-order valence-corrected chi connectivity index (χ3v) is 10.4. The maximum atomic E-state index is 14.6. The third kappa shape index (κ3) is 5.54. The number of benzene rings is 1. The molecule has 234 valence electrons. The van der Waals surface area contributed by atoms with E-state index in [0.717, 1.165) is 42.2 Å². The van der Waals surface area contributed by atoms with Crippen LogP contribution in [0.2, 0.25) is 0 Å². The molecular weight excluding hydrogens is 582 g/mol. The number of aromatic nitrogens is 5. The van der Waals surface area contributed by atoms with E-state index >= 15 is 0 Å². The van der Waals surface area contributed by atoms with E-state index in [1.54, 1.807) is 37.9 Å². The number of hydrogen-bond acceptors (Lipinski definition) is 9. The summed E-state index contributed by atoms with van der Waals surface area (Å²) in [6, 6.07) is 7.61. The molecule has 0 unspecified atom stereocenters. The van der Waals surface area contributed by atoms with Gasteiger partial charge in [-0.25, -0.2) is 9.36 Å². The van der Waals surface area contributed by atoms with Gasteiger partial charge in [0.15, 0.2) is 5.78 Å². The van der Waals surface area contributed by atoms with Gasteiger partial charge in [0, 0.05) is 30.8 Å². The Morgan fingerprint density at radius 1 is 1.11 bits per heavy atom. The Morgan fingerprint density at radius 2 is 1.82 bits per heavy atom. The molecule has 1 aromatic carbocycles. The fourth-order valence-electron chi connectivity index (χ4n) is 6.19. The van der Waals surface area contributed by atoms with Crippen LogP contribution in [-0.2, 0) is 26.4 Å². The van der Waals surface area contributed by atoms with E-state index in [1.807, 2.05) is 31.2 Å². The van der Waals surface area contributed by atoms with Crippen molar-refractivity contribution in [1.29, 1.82) is 0 Å². The van der Waals surface area contributed by atoms with Crippen molar-refractivity contribution in [2.45, 2.75) is 83.6 Å². The first kappa shape index (κ1) is 30.4. The van der Waals surface area contributed by atoms with Gasteiger partial charge >= 0.3 is 5.69 Å². The lowest BCUT2D eigenvalue weighted by Crippen LogP contribution is -2.53.